The molecule has 2 rings (SSSR count). The second-order valence-corrected chi connectivity index (χ2v) is 4.11. The maximum absolute atomic E-state index is 12.1. The van der Waals surface area contributed by atoms with E-state index in [-0.39, 0.29) is 29.4 Å². The van der Waals surface area contributed by atoms with Crippen LogP contribution >= 0.6 is 0 Å². The number of amides is 2. The molecule has 0 aromatic heterocycles. The molecule has 1 aliphatic rings. The summed E-state index contributed by atoms with van der Waals surface area (Å²) in [5, 5.41) is 4.50. The Hall–Kier alpha value is -2.45. The second kappa shape index (κ2) is 4.91. The molecule has 20 heavy (non-hydrogen) atoms. The quantitative estimate of drug-likeness (QED) is 0.719. The first kappa shape index (κ1) is 14.0. The largest absolute Gasteiger partial charge is 0.482 e. The van der Waals surface area contributed by atoms with Gasteiger partial charge in [0.1, 0.15) is 12.2 Å². The van der Waals surface area contributed by atoms with Crippen molar-refractivity contribution in [3.63, 3.8) is 0 Å². The lowest BCUT2D eigenvalue weighted by Gasteiger charge is -2.20. The molecule has 0 fully saturated rings. The molecule has 2 amide bonds. The standard InChI is InChI=1S/C11H10F3N3O3/c12-11(13,14)3-9(18)16-6-2-7-8(1-5(6)15)20-4-10(19)17-7/h1-2H,3-4,15H2,(H,16,18)(H,17,19). The van der Waals surface area contributed by atoms with Crippen LogP contribution in [-0.2, 0) is 9.59 Å². The minimum Gasteiger partial charge on any atom is -0.482 e. The summed E-state index contributed by atoms with van der Waals surface area (Å²) in [6.07, 6.45) is -6.23. The molecule has 9 heteroatoms. The Labute approximate surface area is 111 Å². The molecule has 0 radical (unpaired) electrons. The van der Waals surface area contributed by atoms with Crippen LogP contribution in [0.25, 0.3) is 0 Å². The highest BCUT2D eigenvalue weighted by Crippen LogP contribution is 2.35. The van der Waals surface area contributed by atoms with Crippen LogP contribution in [0.15, 0.2) is 12.1 Å². The van der Waals surface area contributed by atoms with Gasteiger partial charge < -0.3 is 21.1 Å². The molecule has 1 aromatic carbocycles. The van der Waals surface area contributed by atoms with Gasteiger partial charge >= 0.3 is 6.18 Å². The number of ether oxygens (including phenoxy) is 1. The summed E-state index contributed by atoms with van der Waals surface area (Å²) in [4.78, 5) is 22.3. The zero-order valence-corrected chi connectivity index (χ0v) is 10.0. The highest BCUT2D eigenvalue weighted by molar-refractivity contribution is 6.00. The molecule has 1 heterocycles. The van der Waals surface area contributed by atoms with Crippen LogP contribution in [0.3, 0.4) is 0 Å². The lowest BCUT2D eigenvalue weighted by atomic mass is 10.2. The van der Waals surface area contributed by atoms with E-state index >= 15 is 0 Å². The minimum absolute atomic E-state index is 0.0243. The van der Waals surface area contributed by atoms with Gasteiger partial charge in [0, 0.05) is 6.07 Å². The summed E-state index contributed by atoms with van der Waals surface area (Å²) in [5.41, 5.74) is 5.85. The number of anilines is 3. The van der Waals surface area contributed by atoms with Crippen molar-refractivity contribution in [2.45, 2.75) is 12.6 Å². The Balaban J connectivity index is 2.18. The van der Waals surface area contributed by atoms with E-state index in [1.165, 1.54) is 12.1 Å². The average molecular weight is 289 g/mol. The summed E-state index contributed by atoms with van der Waals surface area (Å²) in [6, 6.07) is 2.56. The number of hydrogen-bond donors (Lipinski definition) is 3. The fraction of sp³-hybridized carbons (Fsp3) is 0.273. The van der Waals surface area contributed by atoms with Gasteiger partial charge in [-0.3, -0.25) is 9.59 Å². The summed E-state index contributed by atoms with van der Waals surface area (Å²) < 4.78 is 41.3. The fourth-order valence-corrected chi connectivity index (χ4v) is 1.63. The van der Waals surface area contributed by atoms with E-state index in [9.17, 15) is 22.8 Å². The number of nitrogens with two attached hydrogens (primary N) is 1. The number of benzene rings is 1. The monoisotopic (exact) mass is 289 g/mol. The van der Waals surface area contributed by atoms with E-state index in [0.29, 0.717) is 0 Å². The zero-order chi connectivity index (χ0) is 14.9. The normalized spacial score (nSPS) is 14.1. The van der Waals surface area contributed by atoms with Crippen molar-refractivity contribution >= 4 is 28.9 Å². The summed E-state index contributed by atoms with van der Waals surface area (Å²) >= 11 is 0. The first-order chi connectivity index (χ1) is 9.24. The molecule has 4 N–H and O–H groups in total. The lowest BCUT2D eigenvalue weighted by molar-refractivity contribution is -0.150. The fourth-order valence-electron chi connectivity index (χ4n) is 1.63. The number of hydrogen-bond acceptors (Lipinski definition) is 4. The van der Waals surface area contributed by atoms with E-state index < -0.39 is 24.4 Å². The maximum atomic E-state index is 12.1. The van der Waals surface area contributed by atoms with E-state index in [1.807, 2.05) is 5.32 Å². The average Bonchev–Trinajstić information content (AvgIpc) is 2.28. The Kier molecular flexibility index (Phi) is 3.43. The van der Waals surface area contributed by atoms with Crippen LogP contribution in [0.1, 0.15) is 6.42 Å². The molecule has 0 bridgehead atoms. The number of halogens is 3. The first-order valence-corrected chi connectivity index (χ1v) is 5.47. The summed E-state index contributed by atoms with van der Waals surface area (Å²) in [7, 11) is 0. The number of fused-ring (bicyclic) bond motifs is 1. The number of nitrogens with one attached hydrogen (secondary N) is 2. The van der Waals surface area contributed by atoms with Gasteiger partial charge in [-0.1, -0.05) is 0 Å². The van der Waals surface area contributed by atoms with Gasteiger partial charge in [0.25, 0.3) is 5.91 Å². The third-order valence-corrected chi connectivity index (χ3v) is 2.42. The van der Waals surface area contributed by atoms with Crippen molar-refractivity contribution in [2.75, 3.05) is 23.0 Å². The Morgan fingerprint density at radius 3 is 2.80 bits per heavy atom. The number of carbonyl (C=O) groups is 2. The van der Waals surface area contributed by atoms with Gasteiger partial charge in [-0.25, -0.2) is 0 Å². The lowest BCUT2D eigenvalue weighted by Crippen LogP contribution is -2.26. The zero-order valence-electron chi connectivity index (χ0n) is 10.0. The highest BCUT2D eigenvalue weighted by Gasteiger charge is 2.31. The van der Waals surface area contributed by atoms with E-state index in [2.05, 4.69) is 5.32 Å². The number of carbonyl (C=O) groups excluding carboxylic acids is 2. The molecule has 0 spiro atoms. The van der Waals surface area contributed by atoms with Crippen molar-refractivity contribution in [1.29, 1.82) is 0 Å². The van der Waals surface area contributed by atoms with Crippen LogP contribution < -0.4 is 21.1 Å². The molecule has 0 unspecified atom stereocenters. The summed E-state index contributed by atoms with van der Waals surface area (Å²) in [6.45, 7) is -0.174. The van der Waals surface area contributed by atoms with Crippen LogP contribution in [0.5, 0.6) is 5.75 Å². The van der Waals surface area contributed by atoms with E-state index in [0.717, 1.165) is 0 Å². The Morgan fingerprint density at radius 1 is 1.45 bits per heavy atom. The van der Waals surface area contributed by atoms with Gasteiger partial charge in [0.2, 0.25) is 5.91 Å². The third kappa shape index (κ3) is 3.31. The first-order valence-electron chi connectivity index (χ1n) is 5.47. The number of alkyl halides is 3. The van der Waals surface area contributed by atoms with E-state index in [4.69, 9.17) is 10.5 Å². The van der Waals surface area contributed by atoms with Gasteiger partial charge in [0.05, 0.1) is 17.1 Å². The molecular weight excluding hydrogens is 279 g/mol. The van der Waals surface area contributed by atoms with Crippen molar-refractivity contribution in [3.05, 3.63) is 12.1 Å². The van der Waals surface area contributed by atoms with Crippen LogP contribution in [0, 0.1) is 0 Å². The van der Waals surface area contributed by atoms with E-state index in [1.54, 1.807) is 0 Å². The maximum Gasteiger partial charge on any atom is 0.397 e. The van der Waals surface area contributed by atoms with Crippen molar-refractivity contribution in [3.8, 4) is 5.75 Å². The molecule has 0 aliphatic carbocycles. The van der Waals surface area contributed by atoms with Crippen LogP contribution in [0.4, 0.5) is 30.2 Å². The molecular formula is C11H10F3N3O3. The molecule has 108 valence electrons. The predicted molar refractivity (Wildman–Crippen MR) is 64.3 cm³/mol. The van der Waals surface area contributed by atoms with Gasteiger partial charge in [-0.05, 0) is 6.07 Å². The highest BCUT2D eigenvalue weighted by atomic mass is 19.4. The topological polar surface area (TPSA) is 93.5 Å². The number of nitrogen functional groups attached to an aromatic ring is 1. The van der Waals surface area contributed by atoms with Crippen molar-refractivity contribution in [2.24, 2.45) is 0 Å². The van der Waals surface area contributed by atoms with Crippen LogP contribution in [0.2, 0.25) is 0 Å². The van der Waals surface area contributed by atoms with Crippen molar-refractivity contribution < 1.29 is 27.5 Å². The van der Waals surface area contributed by atoms with Crippen molar-refractivity contribution in [1.82, 2.24) is 0 Å². The molecule has 1 aliphatic heterocycles. The third-order valence-electron chi connectivity index (χ3n) is 2.42. The summed E-state index contributed by atoms with van der Waals surface area (Å²) in [5.74, 6) is -1.36. The molecule has 0 saturated carbocycles. The SMILES string of the molecule is Nc1cc2c(cc1NC(=O)CC(F)(F)F)NC(=O)CO2. The van der Waals surface area contributed by atoms with Gasteiger partial charge in [-0.15, -0.1) is 0 Å². The minimum atomic E-state index is -4.61. The molecule has 6 nitrogen and oxygen atoms in total. The molecule has 1 aromatic rings. The Morgan fingerprint density at radius 2 is 2.15 bits per heavy atom. The second-order valence-electron chi connectivity index (χ2n) is 4.11. The molecule has 0 atom stereocenters. The predicted octanol–water partition coefficient (Wildman–Crippen LogP) is 1.49. The van der Waals surface area contributed by atoms with Crippen LogP contribution in [-0.4, -0.2) is 24.6 Å². The number of rotatable bonds is 2. The molecule has 0 saturated heterocycles. The van der Waals surface area contributed by atoms with Gasteiger partial charge in [-0.2, -0.15) is 13.2 Å². The van der Waals surface area contributed by atoms with Gasteiger partial charge in [0.15, 0.2) is 6.61 Å². The smallest absolute Gasteiger partial charge is 0.397 e. The Bertz CT molecular complexity index is 572.